The highest BCUT2D eigenvalue weighted by Crippen LogP contribution is 2.25. The van der Waals surface area contributed by atoms with Crippen LogP contribution in [-0.2, 0) is 0 Å². The highest BCUT2D eigenvalue weighted by molar-refractivity contribution is 5.77. The number of nitrogens with one attached hydrogen (secondary N) is 2. The van der Waals surface area contributed by atoms with E-state index in [1.165, 1.54) is 11.6 Å². The summed E-state index contributed by atoms with van der Waals surface area (Å²) in [5.74, 6) is 0. The number of hydrogen-bond acceptors (Lipinski definition) is 2. The molecule has 7 heteroatoms. The van der Waals surface area contributed by atoms with Crippen LogP contribution >= 0.6 is 0 Å². The number of carbonyl (C=O) groups excluding carboxylic acids is 1. The fraction of sp³-hybridized carbons (Fsp3) is 0.500. The third kappa shape index (κ3) is 12.0. The Labute approximate surface area is 172 Å². The van der Waals surface area contributed by atoms with Crippen LogP contribution in [0.3, 0.4) is 0 Å². The van der Waals surface area contributed by atoms with E-state index in [1.807, 2.05) is 46.0 Å². The van der Waals surface area contributed by atoms with E-state index in [-0.39, 0.29) is 11.7 Å². The van der Waals surface area contributed by atoms with Crippen molar-refractivity contribution in [1.82, 2.24) is 15.5 Å². The molecule has 0 saturated carbocycles. The number of rotatable bonds is 11. The summed E-state index contributed by atoms with van der Waals surface area (Å²) in [6, 6.07) is -0.678. The van der Waals surface area contributed by atoms with Crippen LogP contribution in [0.1, 0.15) is 40.5 Å². The van der Waals surface area contributed by atoms with Crippen molar-refractivity contribution in [2.45, 2.75) is 52.8 Å². The number of carbonyl (C=O) groups is 1. The molecule has 1 atom stereocenters. The van der Waals surface area contributed by atoms with Gasteiger partial charge in [-0.2, -0.15) is 13.2 Å². The van der Waals surface area contributed by atoms with Crippen molar-refractivity contribution in [3.05, 3.63) is 59.9 Å². The van der Waals surface area contributed by atoms with Crippen LogP contribution in [0.4, 0.5) is 18.0 Å². The molecular weight excluding hydrogens is 379 g/mol. The Morgan fingerprint density at radius 2 is 1.79 bits per heavy atom. The Kier molecular flexibility index (Phi) is 12.7. The maximum atomic E-state index is 12.7. The molecule has 2 N–H and O–H groups in total. The zero-order chi connectivity index (χ0) is 22.4. The van der Waals surface area contributed by atoms with E-state index in [0.29, 0.717) is 6.54 Å². The summed E-state index contributed by atoms with van der Waals surface area (Å²) in [6.07, 6.45) is 6.88. The molecule has 1 unspecified atom stereocenters. The average Bonchev–Trinajstić information content (AvgIpc) is 2.60. The van der Waals surface area contributed by atoms with Crippen molar-refractivity contribution in [1.29, 1.82) is 0 Å². The van der Waals surface area contributed by atoms with Gasteiger partial charge in [0, 0.05) is 24.8 Å². The number of likely N-dealkylation sites (N-methyl/N-ethyl adjacent to an activating group) is 1. The van der Waals surface area contributed by atoms with Gasteiger partial charge in [-0.25, -0.2) is 4.79 Å². The van der Waals surface area contributed by atoms with E-state index in [1.54, 1.807) is 13.0 Å². The quantitative estimate of drug-likeness (QED) is 0.440. The molecule has 2 amide bonds. The van der Waals surface area contributed by atoms with Crippen molar-refractivity contribution >= 4 is 6.03 Å². The van der Waals surface area contributed by atoms with Gasteiger partial charge in [0.2, 0.25) is 0 Å². The van der Waals surface area contributed by atoms with Crippen LogP contribution < -0.4 is 10.6 Å². The maximum Gasteiger partial charge on any atom is 0.415 e. The normalized spacial score (nSPS) is 14.7. The van der Waals surface area contributed by atoms with E-state index in [0.717, 1.165) is 25.5 Å². The monoisotopic (exact) mass is 413 g/mol. The molecular formula is C22H34F3N3O. The summed E-state index contributed by atoms with van der Waals surface area (Å²) in [5, 5.41) is 5.34. The molecule has 0 radical (unpaired) electrons. The van der Waals surface area contributed by atoms with E-state index in [2.05, 4.69) is 22.1 Å². The van der Waals surface area contributed by atoms with Crippen LogP contribution in [0.5, 0.6) is 0 Å². The number of alkyl halides is 3. The Balaban J connectivity index is 5.07. The first-order chi connectivity index (χ1) is 13.6. The van der Waals surface area contributed by atoms with Gasteiger partial charge in [-0.1, -0.05) is 44.2 Å². The molecule has 4 nitrogen and oxygen atoms in total. The highest BCUT2D eigenvalue weighted by Gasteiger charge is 2.30. The highest BCUT2D eigenvalue weighted by atomic mass is 19.4. The fourth-order valence-corrected chi connectivity index (χ4v) is 2.69. The van der Waals surface area contributed by atoms with Gasteiger partial charge in [-0.05, 0) is 52.0 Å². The Hall–Kier alpha value is -2.28. The number of halogens is 3. The summed E-state index contributed by atoms with van der Waals surface area (Å²) < 4.78 is 38.2. The molecule has 0 aromatic carbocycles. The lowest BCUT2D eigenvalue weighted by Gasteiger charge is -2.25. The van der Waals surface area contributed by atoms with Gasteiger partial charge in [-0.3, -0.25) is 0 Å². The summed E-state index contributed by atoms with van der Waals surface area (Å²) in [4.78, 5) is 14.5. The van der Waals surface area contributed by atoms with Crippen molar-refractivity contribution in [2.75, 3.05) is 20.1 Å². The van der Waals surface area contributed by atoms with E-state index in [4.69, 9.17) is 0 Å². The number of hydrogen-bond donors (Lipinski definition) is 2. The second-order valence-electron chi connectivity index (χ2n) is 6.77. The van der Waals surface area contributed by atoms with Crippen molar-refractivity contribution in [3.63, 3.8) is 0 Å². The second kappa shape index (κ2) is 13.8. The van der Waals surface area contributed by atoms with E-state index < -0.39 is 17.8 Å². The van der Waals surface area contributed by atoms with Crippen molar-refractivity contribution < 1.29 is 18.0 Å². The minimum Gasteiger partial charge on any atom is -0.334 e. The molecule has 0 bridgehead atoms. The van der Waals surface area contributed by atoms with Gasteiger partial charge in [0.25, 0.3) is 0 Å². The minimum absolute atomic E-state index is 0.0280. The zero-order valence-electron chi connectivity index (χ0n) is 18.1. The molecule has 0 rings (SSSR count). The molecule has 0 aromatic heterocycles. The Morgan fingerprint density at radius 1 is 1.17 bits per heavy atom. The number of amides is 2. The SMILES string of the molecule is C=C(/C=C(\C=C/C)NC(=O)NC(CCC)CN(C)CC(/C=C\C)=C/C)C(F)(F)F. The van der Waals surface area contributed by atoms with Crippen molar-refractivity contribution in [2.24, 2.45) is 0 Å². The molecule has 0 saturated heterocycles. The lowest BCUT2D eigenvalue weighted by Crippen LogP contribution is -2.46. The molecule has 164 valence electrons. The first-order valence-corrected chi connectivity index (χ1v) is 9.71. The zero-order valence-corrected chi connectivity index (χ0v) is 18.1. The fourth-order valence-electron chi connectivity index (χ4n) is 2.69. The van der Waals surface area contributed by atoms with Gasteiger partial charge in [0.05, 0.1) is 5.57 Å². The van der Waals surface area contributed by atoms with Crippen molar-refractivity contribution in [3.8, 4) is 0 Å². The van der Waals surface area contributed by atoms with Crippen LogP contribution in [0.25, 0.3) is 0 Å². The van der Waals surface area contributed by atoms with Gasteiger partial charge in [-0.15, -0.1) is 0 Å². The van der Waals surface area contributed by atoms with Crippen LogP contribution in [-0.4, -0.2) is 43.3 Å². The topological polar surface area (TPSA) is 44.4 Å². The standard InChI is InChI=1S/C22H34F3N3O/c1-7-11-18(10-4)15-28(6)16-20(13-9-3)27-21(29)26-19(12-8-2)14-17(5)22(23,24)25/h7-8,10-12,14,20H,5,9,13,15-16H2,1-4,6H3,(H2,26,27,29)/b11-7-,12-8-,18-10+,19-14+. The average molecular weight is 414 g/mol. The van der Waals surface area contributed by atoms with Gasteiger partial charge >= 0.3 is 12.2 Å². The lowest BCUT2D eigenvalue weighted by molar-refractivity contribution is -0.0878. The van der Waals surface area contributed by atoms with Crippen LogP contribution in [0.15, 0.2) is 59.9 Å². The molecule has 0 spiro atoms. The maximum absolute atomic E-state index is 12.7. The Bertz CT molecular complexity index is 646. The third-order valence-electron chi connectivity index (χ3n) is 4.01. The molecule has 29 heavy (non-hydrogen) atoms. The molecule has 0 aliphatic heterocycles. The summed E-state index contributed by atoms with van der Waals surface area (Å²) in [6.45, 7) is 12.0. The first kappa shape index (κ1) is 26.7. The number of allylic oxidation sites excluding steroid dienone is 6. The number of nitrogens with zero attached hydrogens (tertiary/aromatic N) is 1. The van der Waals surface area contributed by atoms with Crippen LogP contribution in [0, 0.1) is 0 Å². The van der Waals surface area contributed by atoms with Gasteiger partial charge in [0.1, 0.15) is 0 Å². The summed E-state index contributed by atoms with van der Waals surface area (Å²) in [7, 11) is 1.97. The lowest BCUT2D eigenvalue weighted by atomic mass is 10.1. The second-order valence-corrected chi connectivity index (χ2v) is 6.77. The van der Waals surface area contributed by atoms with Gasteiger partial charge < -0.3 is 15.5 Å². The Morgan fingerprint density at radius 3 is 2.28 bits per heavy atom. The summed E-state index contributed by atoms with van der Waals surface area (Å²) >= 11 is 0. The molecule has 0 aliphatic rings. The smallest absolute Gasteiger partial charge is 0.334 e. The predicted octanol–water partition coefficient (Wildman–Crippen LogP) is 5.49. The molecule has 0 aliphatic carbocycles. The van der Waals surface area contributed by atoms with Gasteiger partial charge in [0.15, 0.2) is 0 Å². The molecule has 0 fully saturated rings. The molecule has 0 aromatic rings. The third-order valence-corrected chi connectivity index (χ3v) is 4.01. The van der Waals surface area contributed by atoms with Crippen LogP contribution in [0.2, 0.25) is 0 Å². The largest absolute Gasteiger partial charge is 0.415 e. The van der Waals surface area contributed by atoms with E-state index in [9.17, 15) is 18.0 Å². The number of urea groups is 1. The summed E-state index contributed by atoms with van der Waals surface area (Å²) in [5.41, 5.74) is 0.164. The minimum atomic E-state index is -4.55. The predicted molar refractivity (Wildman–Crippen MR) is 115 cm³/mol. The molecule has 0 heterocycles. The first-order valence-electron chi connectivity index (χ1n) is 9.71. The van der Waals surface area contributed by atoms with E-state index >= 15 is 0 Å².